The van der Waals surface area contributed by atoms with Crippen LogP contribution in [0, 0.1) is 11.8 Å². The van der Waals surface area contributed by atoms with E-state index in [1.165, 1.54) is 0 Å². The van der Waals surface area contributed by atoms with E-state index < -0.39 is 11.9 Å². The number of nitrogens with zero attached hydrogens (tertiary/aromatic N) is 1. The Morgan fingerprint density at radius 2 is 2.26 bits per heavy atom. The molecule has 6 heteroatoms. The first kappa shape index (κ1) is 14.5. The number of rotatable bonds is 4. The van der Waals surface area contributed by atoms with Crippen LogP contribution in [-0.4, -0.2) is 36.6 Å². The van der Waals surface area contributed by atoms with Crippen LogP contribution in [0.2, 0.25) is 0 Å². The highest BCUT2D eigenvalue weighted by Crippen LogP contribution is 2.04. The molecule has 100 valence electrons. The first-order chi connectivity index (χ1) is 9.24. The number of esters is 1. The van der Waals surface area contributed by atoms with Crippen LogP contribution in [0.5, 0.6) is 5.75 Å². The average molecular weight is 262 g/mol. The van der Waals surface area contributed by atoms with Crippen molar-refractivity contribution in [3.8, 4) is 17.6 Å². The lowest BCUT2D eigenvalue weighted by molar-refractivity contribution is -0.154. The molecule has 0 saturated heterocycles. The predicted octanol–water partition coefficient (Wildman–Crippen LogP) is 0.143. The summed E-state index contributed by atoms with van der Waals surface area (Å²) in [6.45, 7) is 2.03. The molecule has 19 heavy (non-hydrogen) atoms. The van der Waals surface area contributed by atoms with Gasteiger partial charge in [-0.25, -0.2) is 4.79 Å². The predicted molar refractivity (Wildman–Crippen MR) is 67.2 cm³/mol. The summed E-state index contributed by atoms with van der Waals surface area (Å²) in [4.78, 5) is 25.9. The summed E-state index contributed by atoms with van der Waals surface area (Å²) in [6, 6.07) is 3.51. The minimum absolute atomic E-state index is 0.0635. The summed E-state index contributed by atoms with van der Waals surface area (Å²) in [5.41, 5.74) is 0. The summed E-state index contributed by atoms with van der Waals surface area (Å²) in [5.74, 6) is 4.25. The lowest BCUT2D eigenvalue weighted by Crippen LogP contribution is -2.32. The maximum absolute atomic E-state index is 11.1. The van der Waals surface area contributed by atoms with E-state index in [0.717, 1.165) is 0 Å². The third kappa shape index (κ3) is 6.07. The molecule has 0 aliphatic heterocycles. The lowest BCUT2D eigenvalue weighted by atomic mass is 10.5. The SMILES string of the molecule is CCOC(=O)C(=O)NCC#CCOc1cccnc1. The van der Waals surface area contributed by atoms with Gasteiger partial charge in [0, 0.05) is 6.20 Å². The van der Waals surface area contributed by atoms with Gasteiger partial charge in [0.15, 0.2) is 0 Å². The maximum Gasteiger partial charge on any atom is 0.396 e. The first-order valence-electron chi connectivity index (χ1n) is 5.67. The largest absolute Gasteiger partial charge is 0.479 e. The van der Waals surface area contributed by atoms with Crippen LogP contribution in [0.25, 0.3) is 0 Å². The van der Waals surface area contributed by atoms with E-state index in [1.807, 2.05) is 0 Å². The van der Waals surface area contributed by atoms with Crippen LogP contribution in [-0.2, 0) is 14.3 Å². The van der Waals surface area contributed by atoms with Crippen molar-refractivity contribution in [2.24, 2.45) is 0 Å². The van der Waals surface area contributed by atoms with Crippen LogP contribution in [0.15, 0.2) is 24.5 Å². The molecular weight excluding hydrogens is 248 g/mol. The Bertz CT molecular complexity index is 476. The van der Waals surface area contributed by atoms with E-state index in [9.17, 15) is 9.59 Å². The molecule has 1 N–H and O–H groups in total. The van der Waals surface area contributed by atoms with Gasteiger partial charge in [0.25, 0.3) is 0 Å². The highest BCUT2D eigenvalue weighted by Gasteiger charge is 2.12. The molecule has 0 unspecified atom stereocenters. The highest BCUT2D eigenvalue weighted by atomic mass is 16.5. The minimum Gasteiger partial charge on any atom is -0.479 e. The summed E-state index contributed by atoms with van der Waals surface area (Å²) >= 11 is 0. The summed E-state index contributed by atoms with van der Waals surface area (Å²) in [5, 5.41) is 2.31. The molecule has 0 aliphatic rings. The first-order valence-corrected chi connectivity index (χ1v) is 5.67. The van der Waals surface area contributed by atoms with Crippen molar-refractivity contribution >= 4 is 11.9 Å². The Kier molecular flexibility index (Phi) is 6.51. The van der Waals surface area contributed by atoms with Crippen molar-refractivity contribution in [3.05, 3.63) is 24.5 Å². The van der Waals surface area contributed by atoms with Crippen molar-refractivity contribution in [2.75, 3.05) is 19.8 Å². The van der Waals surface area contributed by atoms with Gasteiger partial charge >= 0.3 is 11.9 Å². The third-order valence-electron chi connectivity index (χ3n) is 1.87. The molecule has 0 radical (unpaired) electrons. The van der Waals surface area contributed by atoms with E-state index in [-0.39, 0.29) is 19.8 Å². The van der Waals surface area contributed by atoms with Gasteiger partial charge in [0.1, 0.15) is 12.4 Å². The van der Waals surface area contributed by atoms with Gasteiger partial charge < -0.3 is 14.8 Å². The molecule has 0 aliphatic carbocycles. The quantitative estimate of drug-likeness (QED) is 0.474. The third-order valence-corrected chi connectivity index (χ3v) is 1.87. The van der Waals surface area contributed by atoms with Crippen molar-refractivity contribution in [3.63, 3.8) is 0 Å². The smallest absolute Gasteiger partial charge is 0.396 e. The molecule has 1 heterocycles. The van der Waals surface area contributed by atoms with Crippen LogP contribution in [0.4, 0.5) is 0 Å². The molecule has 1 rings (SSSR count). The van der Waals surface area contributed by atoms with Crippen LogP contribution in [0.3, 0.4) is 0 Å². The normalized spacial score (nSPS) is 8.89. The Morgan fingerprint density at radius 1 is 1.42 bits per heavy atom. The highest BCUT2D eigenvalue weighted by molar-refractivity contribution is 6.32. The molecule has 6 nitrogen and oxygen atoms in total. The average Bonchev–Trinajstić information content (AvgIpc) is 2.43. The Labute approximate surface area is 111 Å². The van der Waals surface area contributed by atoms with Gasteiger partial charge in [0.2, 0.25) is 0 Å². The van der Waals surface area contributed by atoms with Crippen molar-refractivity contribution in [1.29, 1.82) is 0 Å². The number of ether oxygens (including phenoxy) is 2. The zero-order valence-corrected chi connectivity index (χ0v) is 10.5. The molecule has 0 fully saturated rings. The standard InChI is InChI=1S/C13H14N2O4/c1-2-18-13(17)12(16)15-8-3-4-9-19-11-6-5-7-14-10-11/h5-7,10H,2,8-9H2,1H3,(H,15,16). The van der Waals surface area contributed by atoms with Crippen molar-refractivity contribution in [1.82, 2.24) is 10.3 Å². The molecule has 0 spiro atoms. The maximum atomic E-state index is 11.1. The summed E-state index contributed by atoms with van der Waals surface area (Å²) < 4.78 is 9.77. The lowest BCUT2D eigenvalue weighted by Gasteiger charge is -2.00. The fourth-order valence-electron chi connectivity index (χ4n) is 1.06. The molecule has 0 aromatic carbocycles. The Hall–Kier alpha value is -2.55. The molecule has 0 saturated carbocycles. The van der Waals surface area contributed by atoms with Crippen molar-refractivity contribution < 1.29 is 19.1 Å². The van der Waals surface area contributed by atoms with Gasteiger partial charge in [0.05, 0.1) is 19.3 Å². The Morgan fingerprint density at radius 3 is 2.95 bits per heavy atom. The zero-order chi connectivity index (χ0) is 13.9. The molecule has 1 aromatic heterocycles. The fraction of sp³-hybridized carbons (Fsp3) is 0.308. The number of pyridine rings is 1. The van der Waals surface area contributed by atoms with E-state index in [1.54, 1.807) is 31.5 Å². The number of aromatic nitrogens is 1. The number of carbonyl (C=O) groups is 2. The van der Waals surface area contributed by atoms with E-state index >= 15 is 0 Å². The number of hydrogen-bond donors (Lipinski definition) is 1. The van der Waals surface area contributed by atoms with Gasteiger partial charge in [-0.15, -0.1) is 0 Å². The van der Waals surface area contributed by atoms with Gasteiger partial charge in [-0.1, -0.05) is 11.8 Å². The second kappa shape index (κ2) is 8.53. The molecule has 0 atom stereocenters. The van der Waals surface area contributed by atoms with Crippen LogP contribution >= 0.6 is 0 Å². The van der Waals surface area contributed by atoms with Crippen LogP contribution < -0.4 is 10.1 Å². The second-order valence-electron chi connectivity index (χ2n) is 3.23. The number of nitrogens with one attached hydrogen (secondary N) is 1. The zero-order valence-electron chi connectivity index (χ0n) is 10.5. The number of amides is 1. The molecule has 0 bridgehead atoms. The van der Waals surface area contributed by atoms with Gasteiger partial charge in [-0.2, -0.15) is 0 Å². The van der Waals surface area contributed by atoms with Gasteiger partial charge in [-0.3, -0.25) is 9.78 Å². The monoisotopic (exact) mass is 262 g/mol. The topological polar surface area (TPSA) is 77.5 Å². The second-order valence-corrected chi connectivity index (χ2v) is 3.23. The molecule has 1 amide bonds. The van der Waals surface area contributed by atoms with E-state index in [0.29, 0.717) is 5.75 Å². The van der Waals surface area contributed by atoms with Crippen molar-refractivity contribution in [2.45, 2.75) is 6.92 Å². The van der Waals surface area contributed by atoms with Gasteiger partial charge in [-0.05, 0) is 19.1 Å². The number of carbonyl (C=O) groups excluding carboxylic acids is 2. The minimum atomic E-state index is -0.907. The van der Waals surface area contributed by atoms with Crippen LogP contribution in [0.1, 0.15) is 6.92 Å². The molecule has 1 aromatic rings. The summed E-state index contributed by atoms with van der Waals surface area (Å²) in [7, 11) is 0. The Balaban J connectivity index is 2.18. The fourth-order valence-corrected chi connectivity index (χ4v) is 1.06. The van der Waals surface area contributed by atoms with E-state index in [4.69, 9.17) is 4.74 Å². The molecular formula is C13H14N2O4. The summed E-state index contributed by atoms with van der Waals surface area (Å²) in [6.07, 6.45) is 3.22. The number of hydrogen-bond acceptors (Lipinski definition) is 5. The van der Waals surface area contributed by atoms with E-state index in [2.05, 4.69) is 26.9 Å².